The molecule has 0 N–H and O–H groups in total. The fraction of sp³-hybridized carbons (Fsp3) is 0.0161. The van der Waals surface area contributed by atoms with Crippen LogP contribution in [0.5, 0.6) is 0 Å². The van der Waals surface area contributed by atoms with Crippen molar-refractivity contribution in [2.45, 2.75) is 5.41 Å². The van der Waals surface area contributed by atoms with Crippen molar-refractivity contribution in [3.8, 4) is 89.8 Å². The average molecular weight is 826 g/mol. The SMILES string of the molecule is c1ccc(-c2nc(-c3ccccc3)nc(-c3ccc(-c4ccc(-c5cc6c(cc5-c5ccc7ccccc7c5)-c5ccccc5C65c6ccccc6-c6ccccc65)cc4)cc3)n2)cc1. The van der Waals surface area contributed by atoms with Gasteiger partial charge in [0.15, 0.2) is 17.5 Å². The van der Waals surface area contributed by atoms with Gasteiger partial charge in [0.05, 0.1) is 5.41 Å². The van der Waals surface area contributed by atoms with Gasteiger partial charge in [0.25, 0.3) is 0 Å². The summed E-state index contributed by atoms with van der Waals surface area (Å²) in [5.41, 5.74) is 20.1. The molecule has 2 aliphatic rings. The topological polar surface area (TPSA) is 38.7 Å². The molecule has 2 aliphatic carbocycles. The lowest BCUT2D eigenvalue weighted by molar-refractivity contribution is 0.794. The quantitative estimate of drug-likeness (QED) is 0.168. The van der Waals surface area contributed by atoms with E-state index in [2.05, 4.69) is 176 Å². The molecular formula is C62H39N3. The second-order valence-corrected chi connectivity index (χ2v) is 17.1. The first kappa shape index (κ1) is 37.1. The Labute approximate surface area is 378 Å². The van der Waals surface area contributed by atoms with E-state index in [0.29, 0.717) is 17.5 Å². The number of fused-ring (bicyclic) bond motifs is 11. The Balaban J connectivity index is 0.939. The van der Waals surface area contributed by atoms with E-state index in [1.165, 1.54) is 77.5 Å². The van der Waals surface area contributed by atoms with Crippen LogP contribution in [0, 0.1) is 0 Å². The first-order valence-corrected chi connectivity index (χ1v) is 22.3. The van der Waals surface area contributed by atoms with Gasteiger partial charge in [-0.1, -0.05) is 218 Å². The molecule has 1 aromatic heterocycles. The van der Waals surface area contributed by atoms with Crippen molar-refractivity contribution in [3.63, 3.8) is 0 Å². The summed E-state index contributed by atoms with van der Waals surface area (Å²) >= 11 is 0. The highest BCUT2D eigenvalue weighted by molar-refractivity contribution is 6.00. The molecule has 0 aliphatic heterocycles. The van der Waals surface area contributed by atoms with Crippen molar-refractivity contribution in [3.05, 3.63) is 259 Å². The Hall–Kier alpha value is -8.53. The van der Waals surface area contributed by atoms with Crippen molar-refractivity contribution < 1.29 is 0 Å². The van der Waals surface area contributed by atoms with E-state index < -0.39 is 5.41 Å². The smallest absolute Gasteiger partial charge is 0.164 e. The Morgan fingerprint density at radius 1 is 0.215 bits per heavy atom. The Bertz CT molecular complexity index is 3530. The Morgan fingerprint density at radius 2 is 0.600 bits per heavy atom. The average Bonchev–Trinajstić information content (AvgIpc) is 3.85. The highest BCUT2D eigenvalue weighted by Gasteiger charge is 2.51. The van der Waals surface area contributed by atoms with E-state index in [1.54, 1.807) is 0 Å². The predicted octanol–water partition coefficient (Wildman–Crippen LogP) is 15.4. The molecule has 10 aromatic carbocycles. The van der Waals surface area contributed by atoms with Crippen LogP contribution in [0.3, 0.4) is 0 Å². The van der Waals surface area contributed by atoms with Gasteiger partial charge in [-0.15, -0.1) is 0 Å². The van der Waals surface area contributed by atoms with E-state index in [9.17, 15) is 0 Å². The summed E-state index contributed by atoms with van der Waals surface area (Å²) in [5, 5.41) is 2.47. The normalized spacial score (nSPS) is 12.7. The molecule has 3 nitrogen and oxygen atoms in total. The third kappa shape index (κ3) is 5.86. The van der Waals surface area contributed by atoms with E-state index >= 15 is 0 Å². The van der Waals surface area contributed by atoms with Crippen molar-refractivity contribution in [1.29, 1.82) is 0 Å². The van der Waals surface area contributed by atoms with Gasteiger partial charge in [-0.2, -0.15) is 0 Å². The molecule has 0 bridgehead atoms. The lowest BCUT2D eigenvalue weighted by atomic mass is 9.70. The van der Waals surface area contributed by atoms with Gasteiger partial charge in [0.1, 0.15) is 0 Å². The Kier molecular flexibility index (Phi) is 8.44. The summed E-state index contributed by atoms with van der Waals surface area (Å²) in [7, 11) is 0. The largest absolute Gasteiger partial charge is 0.208 e. The zero-order chi connectivity index (χ0) is 42.9. The number of hydrogen-bond donors (Lipinski definition) is 0. The maximum atomic E-state index is 4.96. The number of benzene rings is 10. The first-order valence-electron chi connectivity index (χ1n) is 22.3. The highest BCUT2D eigenvalue weighted by atomic mass is 15.0. The minimum Gasteiger partial charge on any atom is -0.208 e. The summed E-state index contributed by atoms with van der Waals surface area (Å²) in [6.45, 7) is 0. The maximum Gasteiger partial charge on any atom is 0.164 e. The van der Waals surface area contributed by atoms with Gasteiger partial charge in [0, 0.05) is 16.7 Å². The second kappa shape index (κ2) is 14.8. The molecule has 0 fully saturated rings. The van der Waals surface area contributed by atoms with Crippen molar-refractivity contribution in [1.82, 2.24) is 15.0 Å². The van der Waals surface area contributed by atoms with Gasteiger partial charge in [-0.25, -0.2) is 15.0 Å². The lowest BCUT2D eigenvalue weighted by Gasteiger charge is -2.31. The summed E-state index contributed by atoms with van der Waals surface area (Å²) in [6, 6.07) is 85.6. The molecule has 0 unspecified atom stereocenters. The molecular weight excluding hydrogens is 787 g/mol. The molecule has 13 rings (SSSR count). The Morgan fingerprint density at radius 3 is 1.14 bits per heavy atom. The number of hydrogen-bond acceptors (Lipinski definition) is 3. The van der Waals surface area contributed by atoms with Gasteiger partial charge in [0.2, 0.25) is 0 Å². The van der Waals surface area contributed by atoms with Crippen LogP contribution in [0.1, 0.15) is 22.3 Å². The molecule has 0 saturated carbocycles. The predicted molar refractivity (Wildman–Crippen MR) is 266 cm³/mol. The molecule has 0 amide bonds. The molecule has 65 heavy (non-hydrogen) atoms. The first-order chi connectivity index (χ1) is 32.2. The van der Waals surface area contributed by atoms with Crippen LogP contribution >= 0.6 is 0 Å². The molecule has 1 heterocycles. The van der Waals surface area contributed by atoms with E-state index in [1.807, 2.05) is 60.7 Å². The number of rotatable bonds is 6. The van der Waals surface area contributed by atoms with Crippen molar-refractivity contribution in [2.24, 2.45) is 0 Å². The molecule has 3 heteroatoms. The summed E-state index contributed by atoms with van der Waals surface area (Å²) in [4.78, 5) is 14.8. The number of nitrogens with zero attached hydrogens (tertiary/aromatic N) is 3. The van der Waals surface area contributed by atoms with E-state index in [0.717, 1.165) is 27.8 Å². The standard InChI is InChI=1S/C62H39N3/c1-3-16-44(17-4-1)59-63-60(45-18-5-2-6-19-45)65-61(64-59)46-34-29-42(30-35-46)41-27-32-43(33-28-41)53-39-58-54(38-52(53)48-36-31-40-15-7-8-20-47(40)37-48)51-23-11-14-26-57(51)62(58)55-24-12-9-21-49(55)50-22-10-13-25-56(50)62/h1-39H. The van der Waals surface area contributed by atoms with Crippen LogP contribution in [0.25, 0.3) is 101 Å². The molecule has 11 aromatic rings. The van der Waals surface area contributed by atoms with Crippen molar-refractivity contribution >= 4 is 10.8 Å². The highest BCUT2D eigenvalue weighted by Crippen LogP contribution is 2.63. The van der Waals surface area contributed by atoms with Crippen molar-refractivity contribution in [2.75, 3.05) is 0 Å². The molecule has 302 valence electrons. The lowest BCUT2D eigenvalue weighted by Crippen LogP contribution is -2.25. The minimum atomic E-state index is -0.431. The zero-order valence-corrected chi connectivity index (χ0v) is 35.4. The summed E-state index contributed by atoms with van der Waals surface area (Å²) in [6.07, 6.45) is 0. The third-order valence-corrected chi connectivity index (χ3v) is 13.6. The molecule has 0 radical (unpaired) electrons. The van der Waals surface area contributed by atoms with Gasteiger partial charge < -0.3 is 0 Å². The number of aromatic nitrogens is 3. The summed E-state index contributed by atoms with van der Waals surface area (Å²) in [5.74, 6) is 1.95. The maximum absolute atomic E-state index is 4.96. The van der Waals surface area contributed by atoms with Crippen LogP contribution in [0.2, 0.25) is 0 Å². The third-order valence-electron chi connectivity index (χ3n) is 13.6. The van der Waals surface area contributed by atoms with Crippen LogP contribution in [-0.2, 0) is 5.41 Å². The monoisotopic (exact) mass is 825 g/mol. The fourth-order valence-electron chi connectivity index (χ4n) is 10.6. The molecule has 0 saturated heterocycles. The van der Waals surface area contributed by atoms with Gasteiger partial charge >= 0.3 is 0 Å². The van der Waals surface area contributed by atoms with Crippen LogP contribution in [0.15, 0.2) is 237 Å². The zero-order valence-electron chi connectivity index (χ0n) is 35.4. The van der Waals surface area contributed by atoms with Crippen LogP contribution in [-0.4, -0.2) is 15.0 Å². The minimum absolute atomic E-state index is 0.431. The molecule has 0 atom stereocenters. The molecule has 1 spiro atoms. The van der Waals surface area contributed by atoms with Crippen LogP contribution < -0.4 is 0 Å². The van der Waals surface area contributed by atoms with Gasteiger partial charge in [-0.3, -0.25) is 0 Å². The van der Waals surface area contributed by atoms with Gasteiger partial charge in [-0.05, 0) is 107 Å². The van der Waals surface area contributed by atoms with E-state index in [-0.39, 0.29) is 0 Å². The second-order valence-electron chi connectivity index (χ2n) is 17.1. The summed E-state index contributed by atoms with van der Waals surface area (Å²) < 4.78 is 0. The van der Waals surface area contributed by atoms with E-state index in [4.69, 9.17) is 15.0 Å². The van der Waals surface area contributed by atoms with Crippen LogP contribution in [0.4, 0.5) is 0 Å². The fourth-order valence-corrected chi connectivity index (χ4v) is 10.6.